The summed E-state index contributed by atoms with van der Waals surface area (Å²) in [5.74, 6) is 0. The molecule has 18 heavy (non-hydrogen) atoms. The number of hydrogen-bond donors (Lipinski definition) is 0. The zero-order valence-corrected chi connectivity index (χ0v) is 12.2. The van der Waals surface area contributed by atoms with Gasteiger partial charge in [0, 0.05) is 25.0 Å². The maximum Gasteiger partial charge on any atom is 0.410 e. The topological polar surface area (TPSA) is 32.8 Å². The Morgan fingerprint density at radius 2 is 1.89 bits per heavy atom. The minimum absolute atomic E-state index is 0.142. The van der Waals surface area contributed by atoms with Crippen molar-refractivity contribution in [2.24, 2.45) is 5.41 Å². The molecule has 2 aliphatic rings. The number of carbonyl (C=O) groups is 1. The van der Waals surface area contributed by atoms with E-state index in [-0.39, 0.29) is 6.09 Å². The molecule has 0 aromatic rings. The molecular formula is C14H26N2O2. The number of nitrogens with zero attached hydrogens (tertiary/aromatic N) is 2. The first-order valence-corrected chi connectivity index (χ1v) is 6.96. The Morgan fingerprint density at radius 1 is 1.17 bits per heavy atom. The van der Waals surface area contributed by atoms with E-state index in [0.717, 1.165) is 32.6 Å². The average Bonchev–Trinajstić information content (AvgIpc) is 2.57. The normalized spacial score (nSPS) is 29.9. The lowest BCUT2D eigenvalue weighted by Gasteiger charge is -2.40. The van der Waals surface area contributed by atoms with Crippen LogP contribution in [-0.4, -0.2) is 54.7 Å². The largest absolute Gasteiger partial charge is 0.444 e. The molecule has 2 fully saturated rings. The number of rotatable bonds is 0. The summed E-state index contributed by atoms with van der Waals surface area (Å²) in [5.41, 5.74) is -0.0714. The van der Waals surface area contributed by atoms with Crippen molar-refractivity contribution in [1.29, 1.82) is 0 Å². The van der Waals surface area contributed by atoms with Gasteiger partial charge in [0.1, 0.15) is 5.60 Å². The van der Waals surface area contributed by atoms with E-state index in [0.29, 0.717) is 5.41 Å². The minimum Gasteiger partial charge on any atom is -0.444 e. The van der Waals surface area contributed by atoms with Gasteiger partial charge in [0.25, 0.3) is 0 Å². The standard InChI is InChI=1S/C14H26N2O2/c1-13(2,3)18-12(17)16-8-5-6-14(11-16)7-9-15(4)10-14/h5-11H2,1-4H3. The first-order chi connectivity index (χ1) is 8.30. The number of likely N-dealkylation sites (tertiary alicyclic amines) is 2. The van der Waals surface area contributed by atoms with Crippen LogP contribution in [0.3, 0.4) is 0 Å². The SMILES string of the molecule is CN1CCC2(CCCN(C(=O)OC(C)(C)C)C2)C1. The van der Waals surface area contributed by atoms with E-state index in [1.165, 1.54) is 12.8 Å². The summed E-state index contributed by atoms with van der Waals surface area (Å²) in [4.78, 5) is 16.4. The molecule has 2 aliphatic heterocycles. The molecule has 0 aromatic heterocycles. The maximum atomic E-state index is 12.1. The van der Waals surface area contributed by atoms with E-state index >= 15 is 0 Å². The number of carbonyl (C=O) groups excluding carboxylic acids is 1. The Morgan fingerprint density at radius 3 is 2.44 bits per heavy atom. The fraction of sp³-hybridized carbons (Fsp3) is 0.929. The second-order valence-electron chi connectivity index (χ2n) is 6.99. The summed E-state index contributed by atoms with van der Waals surface area (Å²) in [5, 5.41) is 0. The van der Waals surface area contributed by atoms with E-state index in [9.17, 15) is 4.79 Å². The Balaban J connectivity index is 1.97. The molecule has 0 saturated carbocycles. The quantitative estimate of drug-likeness (QED) is 0.665. The molecule has 0 radical (unpaired) electrons. The summed E-state index contributed by atoms with van der Waals surface area (Å²) >= 11 is 0. The lowest BCUT2D eigenvalue weighted by molar-refractivity contribution is 0.00574. The number of piperidine rings is 1. The zero-order valence-electron chi connectivity index (χ0n) is 12.2. The van der Waals surface area contributed by atoms with E-state index in [1.54, 1.807) is 0 Å². The van der Waals surface area contributed by atoms with Gasteiger partial charge in [-0.1, -0.05) is 0 Å². The van der Waals surface area contributed by atoms with Crippen molar-refractivity contribution in [2.45, 2.75) is 45.6 Å². The first-order valence-electron chi connectivity index (χ1n) is 6.96. The van der Waals surface area contributed by atoms with Crippen LogP contribution in [0.4, 0.5) is 4.79 Å². The van der Waals surface area contributed by atoms with Gasteiger partial charge >= 0.3 is 6.09 Å². The van der Waals surface area contributed by atoms with E-state index in [2.05, 4.69) is 11.9 Å². The number of amides is 1. The molecule has 0 aliphatic carbocycles. The van der Waals surface area contributed by atoms with Crippen molar-refractivity contribution in [3.05, 3.63) is 0 Å². The van der Waals surface area contributed by atoms with Gasteiger partial charge in [-0.05, 0) is 53.6 Å². The van der Waals surface area contributed by atoms with Crippen molar-refractivity contribution in [1.82, 2.24) is 9.80 Å². The van der Waals surface area contributed by atoms with Gasteiger partial charge in [-0.2, -0.15) is 0 Å². The predicted octanol–water partition coefficient (Wildman–Crippen LogP) is 2.34. The minimum atomic E-state index is -0.395. The molecule has 2 rings (SSSR count). The van der Waals surface area contributed by atoms with Gasteiger partial charge in [0.15, 0.2) is 0 Å². The Hall–Kier alpha value is -0.770. The second-order valence-corrected chi connectivity index (χ2v) is 6.99. The molecule has 2 heterocycles. The van der Waals surface area contributed by atoms with E-state index < -0.39 is 5.60 Å². The molecule has 1 unspecified atom stereocenters. The fourth-order valence-corrected chi connectivity index (χ4v) is 3.18. The highest BCUT2D eigenvalue weighted by atomic mass is 16.6. The van der Waals surface area contributed by atoms with Crippen molar-refractivity contribution in [3.63, 3.8) is 0 Å². The second kappa shape index (κ2) is 4.72. The van der Waals surface area contributed by atoms with Crippen LogP contribution in [0.2, 0.25) is 0 Å². The van der Waals surface area contributed by atoms with Gasteiger partial charge in [-0.3, -0.25) is 0 Å². The molecule has 0 aromatic carbocycles. The molecule has 0 bridgehead atoms. The van der Waals surface area contributed by atoms with Crippen molar-refractivity contribution >= 4 is 6.09 Å². The molecule has 104 valence electrons. The highest BCUT2D eigenvalue weighted by Gasteiger charge is 2.42. The molecule has 1 amide bonds. The maximum absolute atomic E-state index is 12.1. The summed E-state index contributed by atoms with van der Waals surface area (Å²) in [6.45, 7) is 9.76. The third-order valence-corrected chi connectivity index (χ3v) is 3.94. The summed E-state index contributed by atoms with van der Waals surface area (Å²) in [6.07, 6.45) is 3.42. The van der Waals surface area contributed by atoms with Gasteiger partial charge < -0.3 is 14.5 Å². The average molecular weight is 254 g/mol. The highest BCUT2D eigenvalue weighted by molar-refractivity contribution is 5.68. The van der Waals surface area contributed by atoms with Crippen molar-refractivity contribution in [3.8, 4) is 0 Å². The Bertz CT molecular complexity index is 320. The van der Waals surface area contributed by atoms with Crippen LogP contribution in [0.25, 0.3) is 0 Å². The van der Waals surface area contributed by atoms with Crippen LogP contribution < -0.4 is 0 Å². The highest BCUT2D eigenvalue weighted by Crippen LogP contribution is 2.38. The first kappa shape index (κ1) is 13.7. The van der Waals surface area contributed by atoms with Crippen LogP contribution in [-0.2, 0) is 4.74 Å². The molecule has 1 spiro atoms. The lowest BCUT2D eigenvalue weighted by Crippen LogP contribution is -2.48. The van der Waals surface area contributed by atoms with Crippen LogP contribution in [0.15, 0.2) is 0 Å². The zero-order chi connectivity index (χ0) is 13.4. The predicted molar refractivity (Wildman–Crippen MR) is 71.6 cm³/mol. The van der Waals surface area contributed by atoms with E-state index in [1.807, 2.05) is 25.7 Å². The molecular weight excluding hydrogens is 228 g/mol. The van der Waals surface area contributed by atoms with Gasteiger partial charge in [-0.15, -0.1) is 0 Å². The summed E-state index contributed by atoms with van der Waals surface area (Å²) in [6, 6.07) is 0. The molecule has 4 heteroatoms. The van der Waals surface area contributed by atoms with Crippen molar-refractivity contribution < 1.29 is 9.53 Å². The van der Waals surface area contributed by atoms with Crippen LogP contribution in [0.5, 0.6) is 0 Å². The van der Waals surface area contributed by atoms with Gasteiger partial charge in [-0.25, -0.2) is 4.79 Å². The van der Waals surface area contributed by atoms with Crippen LogP contribution >= 0.6 is 0 Å². The van der Waals surface area contributed by atoms with Gasteiger partial charge in [0.2, 0.25) is 0 Å². The summed E-state index contributed by atoms with van der Waals surface area (Å²) < 4.78 is 5.48. The van der Waals surface area contributed by atoms with Crippen LogP contribution in [0, 0.1) is 5.41 Å². The number of ether oxygens (including phenoxy) is 1. The third-order valence-electron chi connectivity index (χ3n) is 3.94. The summed E-state index contributed by atoms with van der Waals surface area (Å²) in [7, 11) is 2.17. The monoisotopic (exact) mass is 254 g/mol. The number of hydrogen-bond acceptors (Lipinski definition) is 3. The van der Waals surface area contributed by atoms with Crippen LogP contribution in [0.1, 0.15) is 40.0 Å². The molecule has 4 nitrogen and oxygen atoms in total. The van der Waals surface area contributed by atoms with E-state index in [4.69, 9.17) is 4.74 Å². The smallest absolute Gasteiger partial charge is 0.410 e. The molecule has 1 atom stereocenters. The molecule has 0 N–H and O–H groups in total. The lowest BCUT2D eigenvalue weighted by atomic mass is 9.79. The van der Waals surface area contributed by atoms with Crippen molar-refractivity contribution in [2.75, 3.05) is 33.2 Å². The Labute approximate surface area is 110 Å². The third kappa shape index (κ3) is 3.16. The molecule has 2 saturated heterocycles. The fourth-order valence-electron chi connectivity index (χ4n) is 3.18. The Kier molecular flexibility index (Phi) is 3.58. The van der Waals surface area contributed by atoms with Gasteiger partial charge in [0.05, 0.1) is 0 Å².